The first kappa shape index (κ1) is 16.2. The first-order valence-corrected chi connectivity index (χ1v) is 8.30. The lowest BCUT2D eigenvalue weighted by molar-refractivity contribution is 0.327. The maximum absolute atomic E-state index is 6.17. The molecule has 1 fully saturated rings. The highest BCUT2D eigenvalue weighted by Crippen LogP contribution is 2.24. The second-order valence-electron chi connectivity index (χ2n) is 6.23. The van der Waals surface area contributed by atoms with Gasteiger partial charge in [-0.15, -0.1) is 0 Å². The molecule has 1 aliphatic heterocycles. The molecule has 1 aromatic rings. The van der Waals surface area contributed by atoms with E-state index in [0.717, 1.165) is 38.2 Å². The fraction of sp³-hybridized carbons (Fsp3) is 0.706. The number of aromatic nitrogens is 1. The first-order valence-electron chi connectivity index (χ1n) is 8.30. The summed E-state index contributed by atoms with van der Waals surface area (Å²) in [7, 11) is 2.22. The van der Waals surface area contributed by atoms with Gasteiger partial charge in [0.1, 0.15) is 5.82 Å². The molecule has 0 saturated carbocycles. The van der Waals surface area contributed by atoms with Crippen molar-refractivity contribution in [3.8, 4) is 0 Å². The van der Waals surface area contributed by atoms with Crippen LogP contribution in [0.5, 0.6) is 0 Å². The standard InChI is InChI=1S/C17H30N4/c1-4-15(18)12-14-8-6-9-19-17(14)21-11-7-10-20(3)13-16(21)5-2/h6,8-9,15-16H,4-5,7,10-13,18H2,1-3H3. The maximum atomic E-state index is 6.17. The Labute approximate surface area is 129 Å². The van der Waals surface area contributed by atoms with Crippen molar-refractivity contribution >= 4 is 5.82 Å². The fourth-order valence-corrected chi connectivity index (χ4v) is 3.15. The third-order valence-corrected chi connectivity index (χ3v) is 4.52. The minimum atomic E-state index is 0.225. The lowest BCUT2D eigenvalue weighted by Gasteiger charge is -2.33. The molecule has 2 rings (SSSR count). The van der Waals surface area contributed by atoms with Crippen LogP contribution < -0.4 is 10.6 Å². The molecule has 1 aromatic heterocycles. The van der Waals surface area contributed by atoms with Crippen molar-refractivity contribution in [2.75, 3.05) is 31.6 Å². The van der Waals surface area contributed by atoms with Crippen LogP contribution in [0.1, 0.15) is 38.7 Å². The van der Waals surface area contributed by atoms with E-state index in [0.29, 0.717) is 6.04 Å². The number of pyridine rings is 1. The molecule has 118 valence electrons. The van der Waals surface area contributed by atoms with Gasteiger partial charge in [0.2, 0.25) is 0 Å². The van der Waals surface area contributed by atoms with Crippen LogP contribution in [0.4, 0.5) is 5.82 Å². The van der Waals surface area contributed by atoms with Crippen LogP contribution in [0.2, 0.25) is 0 Å². The zero-order chi connectivity index (χ0) is 15.2. The van der Waals surface area contributed by atoms with Gasteiger partial charge in [0, 0.05) is 31.4 Å². The van der Waals surface area contributed by atoms with Gasteiger partial charge in [0.25, 0.3) is 0 Å². The molecule has 1 aliphatic rings. The minimum absolute atomic E-state index is 0.225. The summed E-state index contributed by atoms with van der Waals surface area (Å²) in [5.41, 5.74) is 7.47. The highest BCUT2D eigenvalue weighted by molar-refractivity contribution is 5.48. The molecule has 0 spiro atoms. The normalized spacial score (nSPS) is 22.1. The largest absolute Gasteiger partial charge is 0.352 e. The van der Waals surface area contributed by atoms with E-state index in [4.69, 9.17) is 10.7 Å². The van der Waals surface area contributed by atoms with Gasteiger partial charge in [-0.05, 0) is 50.9 Å². The quantitative estimate of drug-likeness (QED) is 0.903. The van der Waals surface area contributed by atoms with Crippen molar-refractivity contribution in [3.05, 3.63) is 23.9 Å². The van der Waals surface area contributed by atoms with Gasteiger partial charge in [0.05, 0.1) is 0 Å². The highest BCUT2D eigenvalue weighted by atomic mass is 15.3. The molecule has 4 nitrogen and oxygen atoms in total. The Balaban J connectivity index is 2.26. The van der Waals surface area contributed by atoms with Gasteiger partial charge >= 0.3 is 0 Å². The molecule has 21 heavy (non-hydrogen) atoms. The Bertz CT molecular complexity index is 435. The van der Waals surface area contributed by atoms with Crippen molar-refractivity contribution in [1.29, 1.82) is 0 Å². The summed E-state index contributed by atoms with van der Waals surface area (Å²) in [5.74, 6) is 1.16. The average molecular weight is 290 g/mol. The van der Waals surface area contributed by atoms with Crippen LogP contribution in [-0.4, -0.2) is 48.6 Å². The van der Waals surface area contributed by atoms with Gasteiger partial charge in [0.15, 0.2) is 0 Å². The van der Waals surface area contributed by atoms with E-state index in [9.17, 15) is 0 Å². The lowest BCUT2D eigenvalue weighted by atomic mass is 10.0. The summed E-state index contributed by atoms with van der Waals surface area (Å²) >= 11 is 0. The summed E-state index contributed by atoms with van der Waals surface area (Å²) in [6.45, 7) is 7.80. The van der Waals surface area contributed by atoms with Crippen molar-refractivity contribution in [2.24, 2.45) is 5.73 Å². The van der Waals surface area contributed by atoms with E-state index >= 15 is 0 Å². The van der Waals surface area contributed by atoms with Crippen molar-refractivity contribution < 1.29 is 0 Å². The molecule has 0 radical (unpaired) electrons. The van der Waals surface area contributed by atoms with Gasteiger partial charge in [-0.1, -0.05) is 19.9 Å². The second-order valence-corrected chi connectivity index (χ2v) is 6.23. The topological polar surface area (TPSA) is 45.4 Å². The van der Waals surface area contributed by atoms with Crippen molar-refractivity contribution in [1.82, 2.24) is 9.88 Å². The zero-order valence-electron chi connectivity index (χ0n) is 13.8. The summed E-state index contributed by atoms with van der Waals surface area (Å²) in [5, 5.41) is 0. The van der Waals surface area contributed by atoms with E-state index in [1.807, 2.05) is 12.3 Å². The Kier molecular flexibility index (Phi) is 6.00. The van der Waals surface area contributed by atoms with E-state index in [1.165, 1.54) is 18.5 Å². The molecule has 0 bridgehead atoms. The molecule has 2 N–H and O–H groups in total. The summed E-state index contributed by atoms with van der Waals surface area (Å²) in [6.07, 6.45) is 6.19. The third kappa shape index (κ3) is 4.17. The number of nitrogens with two attached hydrogens (primary N) is 1. The SMILES string of the molecule is CCC(N)Cc1cccnc1N1CCCN(C)CC1CC. The number of hydrogen-bond donors (Lipinski definition) is 1. The fourth-order valence-electron chi connectivity index (χ4n) is 3.15. The van der Waals surface area contributed by atoms with Crippen LogP contribution in [-0.2, 0) is 6.42 Å². The number of hydrogen-bond acceptors (Lipinski definition) is 4. The molecule has 1 saturated heterocycles. The average Bonchev–Trinajstić information content (AvgIpc) is 2.69. The smallest absolute Gasteiger partial charge is 0.132 e. The van der Waals surface area contributed by atoms with Gasteiger partial charge in [-0.2, -0.15) is 0 Å². The molecule has 4 heteroatoms. The summed E-state index contributed by atoms with van der Waals surface area (Å²) < 4.78 is 0. The van der Waals surface area contributed by atoms with Crippen LogP contribution in [0.3, 0.4) is 0 Å². The third-order valence-electron chi connectivity index (χ3n) is 4.52. The number of likely N-dealkylation sites (N-methyl/N-ethyl adjacent to an activating group) is 1. The Hall–Kier alpha value is -1.13. The Morgan fingerprint density at radius 3 is 2.90 bits per heavy atom. The van der Waals surface area contributed by atoms with E-state index < -0.39 is 0 Å². The molecular formula is C17H30N4. The van der Waals surface area contributed by atoms with E-state index in [-0.39, 0.29) is 6.04 Å². The first-order chi connectivity index (χ1) is 10.2. The summed E-state index contributed by atoms with van der Waals surface area (Å²) in [4.78, 5) is 9.66. The lowest BCUT2D eigenvalue weighted by Crippen LogP contribution is -2.41. The van der Waals surface area contributed by atoms with Crippen LogP contribution in [0, 0.1) is 0 Å². The highest BCUT2D eigenvalue weighted by Gasteiger charge is 2.25. The Morgan fingerprint density at radius 1 is 1.38 bits per heavy atom. The van der Waals surface area contributed by atoms with Crippen LogP contribution in [0.15, 0.2) is 18.3 Å². The van der Waals surface area contributed by atoms with Gasteiger partial charge < -0.3 is 15.5 Å². The second kappa shape index (κ2) is 7.76. The molecular weight excluding hydrogens is 260 g/mol. The molecule has 0 aromatic carbocycles. The van der Waals surface area contributed by atoms with Gasteiger partial charge in [-0.3, -0.25) is 0 Å². The molecule has 0 amide bonds. The minimum Gasteiger partial charge on any atom is -0.352 e. The van der Waals surface area contributed by atoms with Crippen molar-refractivity contribution in [2.45, 2.75) is 51.6 Å². The molecule has 2 unspecified atom stereocenters. The Morgan fingerprint density at radius 2 is 2.19 bits per heavy atom. The monoisotopic (exact) mass is 290 g/mol. The maximum Gasteiger partial charge on any atom is 0.132 e. The van der Waals surface area contributed by atoms with Crippen molar-refractivity contribution in [3.63, 3.8) is 0 Å². The molecule has 2 atom stereocenters. The summed E-state index contributed by atoms with van der Waals surface area (Å²) in [6, 6.07) is 5.00. The van der Waals surface area contributed by atoms with Crippen LogP contribution >= 0.6 is 0 Å². The van der Waals surface area contributed by atoms with Crippen LogP contribution in [0.25, 0.3) is 0 Å². The zero-order valence-corrected chi connectivity index (χ0v) is 13.8. The van der Waals surface area contributed by atoms with E-state index in [2.05, 4.69) is 36.8 Å². The predicted molar refractivity (Wildman–Crippen MR) is 89.7 cm³/mol. The van der Waals surface area contributed by atoms with E-state index in [1.54, 1.807) is 0 Å². The molecule has 0 aliphatic carbocycles. The predicted octanol–water partition coefficient (Wildman–Crippen LogP) is 2.28. The molecule has 2 heterocycles. The number of rotatable bonds is 5. The van der Waals surface area contributed by atoms with Gasteiger partial charge in [-0.25, -0.2) is 4.98 Å². The number of anilines is 1. The number of nitrogens with zero attached hydrogens (tertiary/aromatic N) is 3.